The fourth-order valence-electron chi connectivity index (χ4n) is 1.93. The molecule has 0 aliphatic carbocycles. The first-order valence-electron chi connectivity index (χ1n) is 5.54. The number of rotatable bonds is 1. The molecule has 0 spiro atoms. The molecule has 0 unspecified atom stereocenters. The van der Waals surface area contributed by atoms with Gasteiger partial charge in [-0.2, -0.15) is 11.3 Å². The highest BCUT2D eigenvalue weighted by atomic mass is 32.1. The number of nitrogens with one attached hydrogen (secondary N) is 2. The van der Waals surface area contributed by atoms with Gasteiger partial charge in [0, 0.05) is 11.9 Å². The molecular formula is C11H16BN3OS. The molecule has 1 saturated heterocycles. The van der Waals surface area contributed by atoms with Gasteiger partial charge in [-0.1, -0.05) is 0 Å². The van der Waals surface area contributed by atoms with E-state index < -0.39 is 5.54 Å². The molecule has 1 fully saturated rings. The van der Waals surface area contributed by atoms with Crippen LogP contribution in [0.15, 0.2) is 6.07 Å². The number of aryl methyl sites for hydroxylation is 1. The molecule has 0 radical (unpaired) electrons. The second-order valence-electron chi connectivity index (χ2n) is 4.79. The molecule has 17 heavy (non-hydrogen) atoms. The zero-order valence-corrected chi connectivity index (χ0v) is 11.4. The molecule has 2 rings (SSSR count). The lowest BCUT2D eigenvalue weighted by atomic mass is 9.92. The van der Waals surface area contributed by atoms with Crippen molar-refractivity contribution in [3.63, 3.8) is 0 Å². The highest BCUT2D eigenvalue weighted by molar-refractivity contribution is 7.20. The Kier molecular flexibility index (Phi) is 2.77. The first-order valence-corrected chi connectivity index (χ1v) is 6.36. The number of carbonyl (C=O) groups is 1. The van der Waals surface area contributed by atoms with Crippen LogP contribution in [0.3, 0.4) is 0 Å². The van der Waals surface area contributed by atoms with Crippen molar-refractivity contribution in [1.29, 1.82) is 5.41 Å². The van der Waals surface area contributed by atoms with Crippen molar-refractivity contribution >= 4 is 35.8 Å². The first kappa shape index (κ1) is 12.2. The summed E-state index contributed by atoms with van der Waals surface area (Å²) >= 11 is 1.70. The highest BCUT2D eigenvalue weighted by Crippen LogP contribution is 2.31. The maximum atomic E-state index is 11.8. The van der Waals surface area contributed by atoms with E-state index in [9.17, 15) is 4.79 Å². The van der Waals surface area contributed by atoms with E-state index in [0.29, 0.717) is 6.42 Å². The summed E-state index contributed by atoms with van der Waals surface area (Å²) in [5, 5.41) is 10.9. The normalized spacial score (nSPS) is 25.0. The molecule has 4 nitrogen and oxygen atoms in total. The van der Waals surface area contributed by atoms with E-state index in [1.54, 1.807) is 18.4 Å². The monoisotopic (exact) mass is 249 g/mol. The zero-order valence-electron chi connectivity index (χ0n) is 10.5. The van der Waals surface area contributed by atoms with Crippen molar-refractivity contribution < 1.29 is 4.79 Å². The van der Waals surface area contributed by atoms with Gasteiger partial charge in [0.2, 0.25) is 5.91 Å². The molecule has 6 heteroatoms. The molecule has 2 heterocycles. The van der Waals surface area contributed by atoms with E-state index >= 15 is 0 Å². The van der Waals surface area contributed by atoms with E-state index in [1.807, 2.05) is 6.92 Å². The minimum atomic E-state index is -0.440. The molecule has 1 aromatic rings. The Morgan fingerprint density at radius 3 is 2.76 bits per heavy atom. The molecule has 1 aromatic heterocycles. The molecule has 0 saturated carbocycles. The number of hydrogen-bond donors (Lipinski definition) is 2. The van der Waals surface area contributed by atoms with Crippen molar-refractivity contribution in [1.82, 2.24) is 10.2 Å². The quantitative estimate of drug-likeness (QED) is 0.684. The van der Waals surface area contributed by atoms with Gasteiger partial charge in [-0.05, 0) is 30.3 Å². The van der Waals surface area contributed by atoms with Gasteiger partial charge < -0.3 is 5.32 Å². The van der Waals surface area contributed by atoms with Crippen LogP contribution in [0.1, 0.15) is 23.8 Å². The van der Waals surface area contributed by atoms with Gasteiger partial charge in [0.1, 0.15) is 0 Å². The Morgan fingerprint density at radius 1 is 1.65 bits per heavy atom. The molecule has 1 atom stereocenters. The lowest BCUT2D eigenvalue weighted by molar-refractivity contribution is -0.129. The fourth-order valence-corrected chi connectivity index (χ4v) is 3.06. The lowest BCUT2D eigenvalue weighted by Gasteiger charge is -2.38. The highest BCUT2D eigenvalue weighted by Gasteiger charge is 2.38. The van der Waals surface area contributed by atoms with Gasteiger partial charge in [-0.3, -0.25) is 15.1 Å². The largest absolute Gasteiger partial charge is 0.345 e. The van der Waals surface area contributed by atoms with Crippen molar-refractivity contribution in [2.24, 2.45) is 0 Å². The van der Waals surface area contributed by atoms with E-state index in [2.05, 4.69) is 26.2 Å². The summed E-state index contributed by atoms with van der Waals surface area (Å²) < 4.78 is 1.26. The Bertz CT molecular complexity index is 459. The SMILES string of the molecule is Bc1sc([C@]2(C)CC(=O)N(C)C(=N)N2)cc1C. The standard InChI is InChI=1S/C11H16BN3OS/c1-6-4-7(17-9(6)12)11(2)5-8(16)15(3)10(13)14-11/h4H,5,12H2,1-3H3,(H2,13,14)/t11-/m0/s1. The summed E-state index contributed by atoms with van der Waals surface area (Å²) in [5.74, 6) is 0.160. The van der Waals surface area contributed by atoms with Crippen molar-refractivity contribution in [3.8, 4) is 0 Å². The van der Waals surface area contributed by atoms with Crippen LogP contribution in [0.25, 0.3) is 0 Å². The number of carbonyl (C=O) groups excluding carboxylic acids is 1. The van der Waals surface area contributed by atoms with Crippen LogP contribution >= 0.6 is 11.3 Å². The van der Waals surface area contributed by atoms with Crippen LogP contribution in [0.2, 0.25) is 0 Å². The van der Waals surface area contributed by atoms with E-state index in [0.717, 1.165) is 4.88 Å². The summed E-state index contributed by atoms with van der Waals surface area (Å²) in [6.07, 6.45) is 0.394. The van der Waals surface area contributed by atoms with Crippen molar-refractivity contribution in [2.75, 3.05) is 7.05 Å². The third kappa shape index (κ3) is 1.97. The molecule has 1 aliphatic heterocycles. The van der Waals surface area contributed by atoms with Gasteiger partial charge in [0.25, 0.3) is 0 Å². The maximum absolute atomic E-state index is 11.8. The minimum Gasteiger partial charge on any atom is -0.345 e. The van der Waals surface area contributed by atoms with E-state index in [-0.39, 0.29) is 11.9 Å². The van der Waals surface area contributed by atoms with Gasteiger partial charge >= 0.3 is 0 Å². The van der Waals surface area contributed by atoms with E-state index in [1.165, 1.54) is 15.2 Å². The Labute approximate surface area is 106 Å². The van der Waals surface area contributed by atoms with Gasteiger partial charge in [-0.15, -0.1) is 0 Å². The minimum absolute atomic E-state index is 0.0139. The van der Waals surface area contributed by atoms with Crippen molar-refractivity contribution in [3.05, 3.63) is 16.5 Å². The molecule has 1 aliphatic rings. The van der Waals surface area contributed by atoms with Crippen LogP contribution in [-0.4, -0.2) is 31.7 Å². The number of thiophene rings is 1. The zero-order chi connectivity index (χ0) is 12.8. The molecular weight excluding hydrogens is 233 g/mol. The Hall–Kier alpha value is -1.30. The third-order valence-electron chi connectivity index (χ3n) is 3.32. The average Bonchev–Trinajstić information content (AvgIpc) is 2.56. The number of guanidine groups is 1. The molecule has 2 N–H and O–H groups in total. The Morgan fingerprint density at radius 2 is 2.29 bits per heavy atom. The molecule has 1 amide bonds. The lowest BCUT2D eigenvalue weighted by Crippen LogP contribution is -2.57. The fraction of sp³-hybridized carbons (Fsp3) is 0.455. The summed E-state index contributed by atoms with van der Waals surface area (Å²) in [6.45, 7) is 4.05. The summed E-state index contributed by atoms with van der Waals surface area (Å²) in [5.41, 5.74) is 0.801. The second-order valence-corrected chi connectivity index (χ2v) is 6.04. The van der Waals surface area contributed by atoms with Gasteiger partial charge in [-0.25, -0.2) is 0 Å². The van der Waals surface area contributed by atoms with Crippen LogP contribution in [0, 0.1) is 12.3 Å². The number of hydrogen-bond acceptors (Lipinski definition) is 3. The molecule has 0 bridgehead atoms. The predicted octanol–water partition coefficient (Wildman–Crippen LogP) is -0.0834. The van der Waals surface area contributed by atoms with Gasteiger partial charge in [0.05, 0.1) is 12.0 Å². The van der Waals surface area contributed by atoms with E-state index in [4.69, 9.17) is 5.41 Å². The predicted molar refractivity (Wildman–Crippen MR) is 72.8 cm³/mol. The number of amides is 1. The average molecular weight is 249 g/mol. The van der Waals surface area contributed by atoms with Crippen molar-refractivity contribution in [2.45, 2.75) is 25.8 Å². The molecule has 90 valence electrons. The van der Waals surface area contributed by atoms with Crippen LogP contribution in [-0.2, 0) is 10.3 Å². The second kappa shape index (κ2) is 3.87. The third-order valence-corrected chi connectivity index (χ3v) is 4.73. The summed E-state index contributed by atoms with van der Waals surface area (Å²) in [4.78, 5) is 14.3. The number of nitrogens with zero attached hydrogens (tertiary/aromatic N) is 1. The van der Waals surface area contributed by atoms with Crippen LogP contribution in [0.5, 0.6) is 0 Å². The summed E-state index contributed by atoms with van der Waals surface area (Å²) in [6, 6.07) is 2.11. The van der Waals surface area contributed by atoms with Crippen LogP contribution < -0.4 is 10.1 Å². The molecule has 0 aromatic carbocycles. The van der Waals surface area contributed by atoms with Crippen LogP contribution in [0.4, 0.5) is 0 Å². The van der Waals surface area contributed by atoms with Gasteiger partial charge in [0.15, 0.2) is 13.8 Å². The first-order chi connectivity index (χ1) is 7.83. The summed E-state index contributed by atoms with van der Waals surface area (Å²) in [7, 11) is 3.71. The topological polar surface area (TPSA) is 56.2 Å². The maximum Gasteiger partial charge on any atom is 0.231 e. The Balaban J connectivity index is 2.37. The smallest absolute Gasteiger partial charge is 0.231 e.